The lowest BCUT2D eigenvalue weighted by molar-refractivity contribution is 0.0695. The number of benzene rings is 1. The average molecular weight is 313 g/mol. The Kier molecular flexibility index (Phi) is 4.64. The van der Waals surface area contributed by atoms with Crippen LogP contribution in [-0.2, 0) is 0 Å². The number of hydrogen-bond acceptors (Lipinski definition) is 2. The van der Waals surface area contributed by atoms with Crippen LogP contribution >= 0.6 is 15.9 Å². The van der Waals surface area contributed by atoms with Crippen LogP contribution in [0.4, 0.5) is 0 Å². The van der Waals surface area contributed by atoms with Gasteiger partial charge in [-0.05, 0) is 59.8 Å². The molecule has 1 aliphatic rings. The van der Waals surface area contributed by atoms with Crippen molar-refractivity contribution in [3.8, 4) is 5.75 Å². The zero-order valence-electron chi connectivity index (χ0n) is 10.2. The van der Waals surface area contributed by atoms with Gasteiger partial charge >= 0.3 is 5.97 Å². The lowest BCUT2D eigenvalue weighted by Gasteiger charge is -2.17. The number of carbonyl (C=O) groups is 1. The third-order valence-corrected chi connectivity index (χ3v) is 3.96. The summed E-state index contributed by atoms with van der Waals surface area (Å²) < 4.78 is 6.48. The lowest BCUT2D eigenvalue weighted by atomic mass is 10.1. The molecule has 0 atom stereocenters. The molecule has 0 aliphatic heterocycles. The summed E-state index contributed by atoms with van der Waals surface area (Å²) in [5.41, 5.74) is 0.251. The van der Waals surface area contributed by atoms with Crippen molar-refractivity contribution in [1.82, 2.24) is 0 Å². The van der Waals surface area contributed by atoms with E-state index in [1.807, 2.05) is 6.07 Å². The van der Waals surface area contributed by atoms with E-state index in [1.54, 1.807) is 12.1 Å². The number of aromatic carboxylic acids is 1. The molecule has 0 saturated heterocycles. The van der Waals surface area contributed by atoms with E-state index in [1.165, 1.54) is 25.7 Å². The Labute approximate surface area is 115 Å². The van der Waals surface area contributed by atoms with Gasteiger partial charge in [0.15, 0.2) is 0 Å². The van der Waals surface area contributed by atoms with Crippen molar-refractivity contribution in [2.75, 3.05) is 0 Å². The summed E-state index contributed by atoms with van der Waals surface area (Å²) in [6, 6.07) is 5.15. The van der Waals surface area contributed by atoms with Crippen LogP contribution in [0.15, 0.2) is 22.7 Å². The van der Waals surface area contributed by atoms with Gasteiger partial charge in [0.25, 0.3) is 0 Å². The monoisotopic (exact) mass is 312 g/mol. The summed E-state index contributed by atoms with van der Waals surface area (Å²) in [5.74, 6) is -0.282. The Morgan fingerprint density at radius 1 is 1.22 bits per heavy atom. The first-order valence-corrected chi connectivity index (χ1v) is 7.15. The first-order chi connectivity index (χ1) is 8.66. The van der Waals surface area contributed by atoms with Gasteiger partial charge in [0, 0.05) is 4.47 Å². The first-order valence-electron chi connectivity index (χ1n) is 6.36. The molecule has 0 radical (unpaired) electrons. The van der Waals surface area contributed by atoms with Gasteiger partial charge in [0.1, 0.15) is 5.75 Å². The number of carboxylic acids is 1. The van der Waals surface area contributed by atoms with Gasteiger partial charge in [-0.25, -0.2) is 4.79 Å². The molecule has 1 saturated carbocycles. The number of ether oxygens (including phenoxy) is 1. The van der Waals surface area contributed by atoms with E-state index >= 15 is 0 Å². The number of rotatable bonds is 3. The second-order valence-electron chi connectivity index (χ2n) is 4.68. The maximum Gasteiger partial charge on any atom is 0.336 e. The van der Waals surface area contributed by atoms with Crippen LogP contribution in [0.3, 0.4) is 0 Å². The molecule has 98 valence electrons. The normalized spacial score (nSPS) is 17.2. The quantitative estimate of drug-likeness (QED) is 0.849. The van der Waals surface area contributed by atoms with Crippen molar-refractivity contribution in [3.05, 3.63) is 28.2 Å². The summed E-state index contributed by atoms with van der Waals surface area (Å²) >= 11 is 3.23. The molecule has 2 rings (SSSR count). The van der Waals surface area contributed by atoms with E-state index in [9.17, 15) is 4.79 Å². The SMILES string of the molecule is O=C(O)c1cc(OC2CCCCCC2)ccc1Br. The van der Waals surface area contributed by atoms with E-state index in [-0.39, 0.29) is 11.7 Å². The van der Waals surface area contributed by atoms with Crippen LogP contribution in [0.25, 0.3) is 0 Å². The first kappa shape index (κ1) is 13.4. The minimum Gasteiger partial charge on any atom is -0.490 e. The Balaban J connectivity index is 2.08. The van der Waals surface area contributed by atoms with Crippen molar-refractivity contribution < 1.29 is 14.6 Å². The number of hydrogen-bond donors (Lipinski definition) is 1. The van der Waals surface area contributed by atoms with Crippen LogP contribution in [0, 0.1) is 0 Å². The summed E-state index contributed by atoms with van der Waals surface area (Å²) in [6.45, 7) is 0. The van der Waals surface area contributed by atoms with Crippen molar-refractivity contribution in [2.24, 2.45) is 0 Å². The minimum atomic E-state index is -0.937. The molecule has 18 heavy (non-hydrogen) atoms. The molecule has 1 fully saturated rings. The van der Waals surface area contributed by atoms with Crippen LogP contribution in [0.5, 0.6) is 5.75 Å². The molecule has 1 aliphatic carbocycles. The molecule has 0 heterocycles. The molecular weight excluding hydrogens is 296 g/mol. The smallest absolute Gasteiger partial charge is 0.336 e. The van der Waals surface area contributed by atoms with Gasteiger partial charge in [-0.3, -0.25) is 0 Å². The van der Waals surface area contributed by atoms with Gasteiger partial charge in [-0.2, -0.15) is 0 Å². The molecule has 4 heteroatoms. The third kappa shape index (κ3) is 3.48. The minimum absolute atomic E-state index is 0.232. The zero-order chi connectivity index (χ0) is 13.0. The van der Waals surface area contributed by atoms with Gasteiger partial charge in [0.05, 0.1) is 11.7 Å². The Hall–Kier alpha value is -1.03. The van der Waals surface area contributed by atoms with E-state index in [0.717, 1.165) is 12.8 Å². The zero-order valence-corrected chi connectivity index (χ0v) is 11.8. The molecule has 1 aromatic carbocycles. The third-order valence-electron chi connectivity index (χ3n) is 3.27. The Bertz CT molecular complexity index is 423. The maximum atomic E-state index is 11.0. The molecule has 1 N–H and O–H groups in total. The predicted molar refractivity (Wildman–Crippen MR) is 73.2 cm³/mol. The van der Waals surface area contributed by atoms with Crippen LogP contribution < -0.4 is 4.74 Å². The van der Waals surface area contributed by atoms with E-state index < -0.39 is 5.97 Å². The van der Waals surface area contributed by atoms with E-state index in [0.29, 0.717) is 10.2 Å². The molecule has 0 bridgehead atoms. The van der Waals surface area contributed by atoms with Gasteiger partial charge in [0.2, 0.25) is 0 Å². The largest absolute Gasteiger partial charge is 0.490 e. The van der Waals surface area contributed by atoms with Crippen molar-refractivity contribution >= 4 is 21.9 Å². The Morgan fingerprint density at radius 3 is 2.50 bits per heavy atom. The fourth-order valence-corrected chi connectivity index (χ4v) is 2.71. The summed E-state index contributed by atoms with van der Waals surface area (Å²) in [6.07, 6.45) is 7.33. The molecule has 1 aromatic rings. The van der Waals surface area contributed by atoms with E-state index in [4.69, 9.17) is 9.84 Å². The summed E-state index contributed by atoms with van der Waals surface area (Å²) in [4.78, 5) is 11.0. The van der Waals surface area contributed by atoms with Crippen LogP contribution in [0.1, 0.15) is 48.9 Å². The highest BCUT2D eigenvalue weighted by molar-refractivity contribution is 9.10. The van der Waals surface area contributed by atoms with Gasteiger partial charge in [-0.1, -0.05) is 12.8 Å². The van der Waals surface area contributed by atoms with Crippen LogP contribution in [0.2, 0.25) is 0 Å². The number of halogens is 1. The molecule has 3 nitrogen and oxygen atoms in total. The van der Waals surface area contributed by atoms with Gasteiger partial charge in [-0.15, -0.1) is 0 Å². The topological polar surface area (TPSA) is 46.5 Å². The van der Waals surface area contributed by atoms with Crippen molar-refractivity contribution in [2.45, 2.75) is 44.6 Å². The summed E-state index contributed by atoms with van der Waals surface area (Å²) in [5, 5.41) is 9.06. The molecule has 0 spiro atoms. The average Bonchev–Trinajstić information content (AvgIpc) is 2.60. The fourth-order valence-electron chi connectivity index (χ4n) is 2.29. The maximum absolute atomic E-state index is 11.0. The highest BCUT2D eigenvalue weighted by atomic mass is 79.9. The second-order valence-corrected chi connectivity index (χ2v) is 5.53. The van der Waals surface area contributed by atoms with Crippen molar-refractivity contribution in [3.63, 3.8) is 0 Å². The standard InChI is InChI=1S/C14H17BrO3/c15-13-8-7-11(9-12(13)14(16)17)18-10-5-3-1-2-4-6-10/h7-10H,1-6H2,(H,16,17). The van der Waals surface area contributed by atoms with Crippen LogP contribution in [-0.4, -0.2) is 17.2 Å². The van der Waals surface area contributed by atoms with E-state index in [2.05, 4.69) is 15.9 Å². The molecule has 0 unspecified atom stereocenters. The fraction of sp³-hybridized carbons (Fsp3) is 0.500. The molecular formula is C14H17BrO3. The molecule has 0 aromatic heterocycles. The van der Waals surface area contributed by atoms with Gasteiger partial charge < -0.3 is 9.84 Å². The highest BCUT2D eigenvalue weighted by Crippen LogP contribution is 2.26. The summed E-state index contributed by atoms with van der Waals surface area (Å²) in [7, 11) is 0. The second kappa shape index (κ2) is 6.23. The van der Waals surface area contributed by atoms with Crippen molar-refractivity contribution in [1.29, 1.82) is 0 Å². The highest BCUT2D eigenvalue weighted by Gasteiger charge is 2.15. The molecule has 0 amide bonds. The number of carboxylic acid groups (broad SMARTS) is 1. The predicted octanol–water partition coefficient (Wildman–Crippen LogP) is 4.25. The lowest BCUT2D eigenvalue weighted by Crippen LogP contribution is -2.15. The Morgan fingerprint density at radius 2 is 1.89 bits per heavy atom.